The predicted octanol–water partition coefficient (Wildman–Crippen LogP) is 5.15. The molecule has 0 amide bonds. The third kappa shape index (κ3) is 3.96. The SMILES string of the molecule is Cc1cc(C)c([B]c2c3ccccc3c([B]c3c(C)cc(C)cc3C)c3ccccc23)c(C)c1. The Hall–Kier alpha value is -3.25. The van der Waals surface area contributed by atoms with Crippen LogP contribution < -0.4 is 21.9 Å². The summed E-state index contributed by atoms with van der Waals surface area (Å²) in [6, 6.07) is 26.9. The maximum absolute atomic E-state index is 2.40. The summed E-state index contributed by atoms with van der Waals surface area (Å²) in [5, 5.41) is 5.20. The van der Waals surface area contributed by atoms with Crippen LogP contribution in [0, 0.1) is 41.5 Å². The Morgan fingerprint density at radius 1 is 0.382 bits per heavy atom. The number of fused-ring (bicyclic) bond motifs is 2. The molecule has 0 heterocycles. The molecule has 0 N–H and O–H groups in total. The van der Waals surface area contributed by atoms with Gasteiger partial charge in [0.1, 0.15) is 0 Å². The van der Waals surface area contributed by atoms with Crippen LogP contribution in [-0.4, -0.2) is 14.6 Å². The summed E-state index contributed by atoms with van der Waals surface area (Å²) < 4.78 is 0. The lowest BCUT2D eigenvalue weighted by atomic mass is 9.54. The second-order valence-corrected chi connectivity index (χ2v) is 9.83. The molecule has 2 radical (unpaired) electrons. The topological polar surface area (TPSA) is 0 Å². The van der Waals surface area contributed by atoms with E-state index in [0.717, 1.165) is 0 Å². The second-order valence-electron chi connectivity index (χ2n) is 9.83. The first-order valence-corrected chi connectivity index (χ1v) is 12.1. The van der Waals surface area contributed by atoms with Gasteiger partial charge in [0.05, 0.1) is 0 Å². The highest BCUT2D eigenvalue weighted by molar-refractivity contribution is 6.77. The molecule has 5 aromatic rings. The summed E-state index contributed by atoms with van der Waals surface area (Å²) in [5.74, 6) is 0. The molecule has 0 unspecified atom stereocenters. The van der Waals surface area contributed by atoms with E-state index in [9.17, 15) is 0 Å². The molecular weight excluding hydrogens is 406 g/mol. The fraction of sp³-hybridized carbons (Fsp3) is 0.188. The molecule has 0 aliphatic heterocycles. The van der Waals surface area contributed by atoms with E-state index in [4.69, 9.17) is 0 Å². The molecule has 0 nitrogen and oxygen atoms in total. The molecule has 0 aliphatic carbocycles. The van der Waals surface area contributed by atoms with Crippen LogP contribution >= 0.6 is 0 Å². The van der Waals surface area contributed by atoms with Gasteiger partial charge in [0, 0.05) is 0 Å². The van der Waals surface area contributed by atoms with Crippen molar-refractivity contribution in [3.63, 3.8) is 0 Å². The monoisotopic (exact) mass is 436 g/mol. The molecule has 0 atom stereocenters. The molecular formula is C32H30B2. The van der Waals surface area contributed by atoms with Gasteiger partial charge in [0.15, 0.2) is 14.6 Å². The standard InChI is InChI=1S/C32H30B2/c1-19-15-21(3)29(22(4)16-19)33-31-25-11-7-9-13-27(25)32(28-14-10-8-12-26(28)31)34-30-23(5)17-20(2)18-24(30)6/h7-18H,1-6H3. The van der Waals surface area contributed by atoms with Gasteiger partial charge in [-0.3, -0.25) is 0 Å². The fourth-order valence-corrected chi connectivity index (χ4v) is 5.63. The van der Waals surface area contributed by atoms with Crippen LogP contribution in [0.5, 0.6) is 0 Å². The summed E-state index contributed by atoms with van der Waals surface area (Å²) in [6.07, 6.45) is 0. The molecule has 0 spiro atoms. The molecule has 0 fully saturated rings. The van der Waals surface area contributed by atoms with Crippen molar-refractivity contribution in [3.8, 4) is 0 Å². The van der Waals surface area contributed by atoms with Gasteiger partial charge in [-0.2, -0.15) is 0 Å². The predicted molar refractivity (Wildman–Crippen MR) is 153 cm³/mol. The quantitative estimate of drug-likeness (QED) is 0.270. The highest BCUT2D eigenvalue weighted by Gasteiger charge is 2.18. The number of hydrogen-bond donors (Lipinski definition) is 0. The van der Waals surface area contributed by atoms with Crippen LogP contribution in [0.3, 0.4) is 0 Å². The van der Waals surface area contributed by atoms with Crippen LogP contribution in [0.25, 0.3) is 21.5 Å². The first-order valence-electron chi connectivity index (χ1n) is 12.1. The lowest BCUT2D eigenvalue weighted by Gasteiger charge is -2.19. The molecule has 164 valence electrons. The van der Waals surface area contributed by atoms with Gasteiger partial charge in [0.2, 0.25) is 0 Å². The highest BCUT2D eigenvalue weighted by Crippen LogP contribution is 2.20. The Morgan fingerprint density at radius 2 is 0.647 bits per heavy atom. The van der Waals surface area contributed by atoms with Crippen LogP contribution in [0.4, 0.5) is 0 Å². The Labute approximate surface area is 205 Å². The molecule has 5 aromatic carbocycles. The molecule has 0 bridgehead atoms. The summed E-state index contributed by atoms with van der Waals surface area (Å²) in [4.78, 5) is 0. The maximum Gasteiger partial charge on any atom is 0.193 e. The third-order valence-corrected chi connectivity index (χ3v) is 7.07. The Kier molecular flexibility index (Phi) is 5.86. The van der Waals surface area contributed by atoms with E-state index in [1.807, 2.05) is 0 Å². The summed E-state index contributed by atoms with van der Waals surface area (Å²) >= 11 is 0. The summed E-state index contributed by atoms with van der Waals surface area (Å²) in [6.45, 7) is 13.2. The maximum atomic E-state index is 2.40. The highest BCUT2D eigenvalue weighted by atomic mass is 14.1. The Morgan fingerprint density at radius 3 is 0.912 bits per heavy atom. The lowest BCUT2D eigenvalue weighted by Crippen LogP contribution is -2.37. The number of hydrogen-bond acceptors (Lipinski definition) is 0. The molecule has 5 rings (SSSR count). The third-order valence-electron chi connectivity index (χ3n) is 7.07. The average molecular weight is 436 g/mol. The van der Waals surface area contributed by atoms with E-state index in [1.165, 1.54) is 76.8 Å². The van der Waals surface area contributed by atoms with Crippen molar-refractivity contribution in [3.05, 3.63) is 106 Å². The minimum atomic E-state index is 1.30. The summed E-state index contributed by atoms with van der Waals surface area (Å²) in [7, 11) is 4.81. The summed E-state index contributed by atoms with van der Waals surface area (Å²) in [5.41, 5.74) is 13.2. The van der Waals surface area contributed by atoms with Crippen molar-refractivity contribution in [2.75, 3.05) is 0 Å². The second kappa shape index (κ2) is 8.84. The minimum Gasteiger partial charge on any atom is -0.0756 e. The van der Waals surface area contributed by atoms with Crippen molar-refractivity contribution in [1.29, 1.82) is 0 Å². The smallest absolute Gasteiger partial charge is 0.0756 e. The first kappa shape index (κ1) is 22.5. The van der Waals surface area contributed by atoms with Gasteiger partial charge >= 0.3 is 0 Å². The zero-order chi connectivity index (χ0) is 24.0. The van der Waals surface area contributed by atoms with Gasteiger partial charge in [-0.25, -0.2) is 0 Å². The Balaban J connectivity index is 1.78. The van der Waals surface area contributed by atoms with Crippen molar-refractivity contribution >= 4 is 58.0 Å². The van der Waals surface area contributed by atoms with E-state index in [-0.39, 0.29) is 0 Å². The van der Waals surface area contributed by atoms with Gasteiger partial charge in [-0.1, -0.05) is 128 Å². The van der Waals surface area contributed by atoms with Gasteiger partial charge in [0.25, 0.3) is 0 Å². The molecule has 34 heavy (non-hydrogen) atoms. The average Bonchev–Trinajstić information content (AvgIpc) is 2.79. The van der Waals surface area contributed by atoms with Gasteiger partial charge < -0.3 is 0 Å². The van der Waals surface area contributed by atoms with Gasteiger partial charge in [-0.15, -0.1) is 0 Å². The van der Waals surface area contributed by atoms with Crippen molar-refractivity contribution in [2.45, 2.75) is 41.5 Å². The molecule has 2 heteroatoms. The molecule has 0 saturated heterocycles. The zero-order valence-corrected chi connectivity index (χ0v) is 21.1. The number of aryl methyl sites for hydroxylation is 6. The first-order chi connectivity index (χ1) is 16.3. The minimum absolute atomic E-state index is 1.30. The van der Waals surface area contributed by atoms with E-state index in [2.05, 4.69) is 129 Å². The molecule has 0 aliphatic rings. The number of rotatable bonds is 4. The zero-order valence-electron chi connectivity index (χ0n) is 21.1. The van der Waals surface area contributed by atoms with Crippen LogP contribution in [-0.2, 0) is 0 Å². The van der Waals surface area contributed by atoms with Gasteiger partial charge in [-0.05, 0) is 63.1 Å². The van der Waals surface area contributed by atoms with E-state index in [0.29, 0.717) is 0 Å². The van der Waals surface area contributed by atoms with Crippen LogP contribution in [0.2, 0.25) is 0 Å². The Bertz CT molecular complexity index is 1340. The number of benzene rings is 5. The van der Waals surface area contributed by atoms with Crippen LogP contribution in [0.1, 0.15) is 33.4 Å². The largest absolute Gasteiger partial charge is 0.193 e. The normalized spacial score (nSPS) is 11.2. The van der Waals surface area contributed by atoms with Crippen LogP contribution in [0.15, 0.2) is 72.8 Å². The van der Waals surface area contributed by atoms with Crippen molar-refractivity contribution in [1.82, 2.24) is 0 Å². The van der Waals surface area contributed by atoms with E-state index >= 15 is 0 Å². The van der Waals surface area contributed by atoms with E-state index < -0.39 is 0 Å². The van der Waals surface area contributed by atoms with Crippen molar-refractivity contribution in [2.24, 2.45) is 0 Å². The lowest BCUT2D eigenvalue weighted by molar-refractivity contribution is 1.35. The van der Waals surface area contributed by atoms with E-state index in [1.54, 1.807) is 0 Å². The fourth-order valence-electron chi connectivity index (χ4n) is 5.63. The van der Waals surface area contributed by atoms with Crippen molar-refractivity contribution < 1.29 is 0 Å². The molecule has 0 saturated carbocycles. The molecule has 0 aromatic heterocycles.